The number of nitrogens with zero attached hydrogens (tertiary/aromatic N) is 4. The monoisotopic (exact) mass is 261 g/mol. The van der Waals surface area contributed by atoms with E-state index < -0.39 is 0 Å². The molecule has 0 bridgehead atoms. The predicted octanol–water partition coefficient (Wildman–Crippen LogP) is 1.25. The van der Waals surface area contributed by atoms with Gasteiger partial charge in [-0.1, -0.05) is 0 Å². The molecule has 5 nitrogen and oxygen atoms in total. The second-order valence-electron chi connectivity index (χ2n) is 5.59. The number of aromatic nitrogens is 2. The van der Waals surface area contributed by atoms with Crippen LogP contribution in [-0.4, -0.2) is 42.7 Å². The molecule has 19 heavy (non-hydrogen) atoms. The molecule has 5 heteroatoms. The molecule has 104 valence electrons. The maximum absolute atomic E-state index is 5.74. The quantitative estimate of drug-likeness (QED) is 0.887. The summed E-state index contributed by atoms with van der Waals surface area (Å²) in [6.07, 6.45) is 6.62. The van der Waals surface area contributed by atoms with Gasteiger partial charge in [0, 0.05) is 32.2 Å². The van der Waals surface area contributed by atoms with Gasteiger partial charge in [-0.15, -0.1) is 0 Å². The molecule has 0 saturated carbocycles. The van der Waals surface area contributed by atoms with E-state index in [0.717, 1.165) is 44.4 Å². The van der Waals surface area contributed by atoms with Crippen LogP contribution in [0.2, 0.25) is 0 Å². The van der Waals surface area contributed by atoms with Gasteiger partial charge < -0.3 is 15.5 Å². The van der Waals surface area contributed by atoms with E-state index in [0.29, 0.717) is 5.92 Å². The highest BCUT2D eigenvalue weighted by Crippen LogP contribution is 2.24. The lowest BCUT2D eigenvalue weighted by atomic mass is 9.97. The minimum Gasteiger partial charge on any atom is -0.356 e. The van der Waals surface area contributed by atoms with Gasteiger partial charge in [0.05, 0.1) is 0 Å². The number of hydrogen-bond acceptors (Lipinski definition) is 5. The van der Waals surface area contributed by atoms with Crippen LogP contribution < -0.4 is 15.5 Å². The number of rotatable bonds is 3. The maximum Gasteiger partial charge on any atom is 0.134 e. The van der Waals surface area contributed by atoms with Crippen LogP contribution >= 0.6 is 0 Å². The van der Waals surface area contributed by atoms with E-state index in [2.05, 4.69) is 25.8 Å². The van der Waals surface area contributed by atoms with E-state index in [1.54, 1.807) is 6.33 Å². The van der Waals surface area contributed by atoms with E-state index >= 15 is 0 Å². The van der Waals surface area contributed by atoms with Gasteiger partial charge in [0.25, 0.3) is 0 Å². The van der Waals surface area contributed by atoms with Gasteiger partial charge in [0.15, 0.2) is 0 Å². The minimum atomic E-state index is 0.691. The number of hydrogen-bond donors (Lipinski definition) is 1. The van der Waals surface area contributed by atoms with Crippen LogP contribution in [0.15, 0.2) is 12.4 Å². The molecule has 2 aliphatic heterocycles. The third kappa shape index (κ3) is 2.81. The van der Waals surface area contributed by atoms with Crippen LogP contribution in [0.3, 0.4) is 0 Å². The molecule has 1 aromatic heterocycles. The van der Waals surface area contributed by atoms with Crippen molar-refractivity contribution >= 4 is 11.6 Å². The standard InChI is InChI=1S/C14H23N5/c15-10-12-3-7-19(8-4-12)14-9-13(16-11-17-14)18-5-1-2-6-18/h9,11-12H,1-8,10,15H2. The molecule has 1 aromatic rings. The van der Waals surface area contributed by atoms with Crippen LogP contribution in [-0.2, 0) is 0 Å². The van der Waals surface area contributed by atoms with E-state index in [-0.39, 0.29) is 0 Å². The van der Waals surface area contributed by atoms with E-state index in [9.17, 15) is 0 Å². The van der Waals surface area contributed by atoms with Gasteiger partial charge >= 0.3 is 0 Å². The van der Waals surface area contributed by atoms with Crippen molar-refractivity contribution in [2.45, 2.75) is 25.7 Å². The van der Waals surface area contributed by atoms with Gasteiger partial charge in [-0.25, -0.2) is 9.97 Å². The lowest BCUT2D eigenvalue weighted by Crippen LogP contribution is -2.36. The third-order valence-corrected chi connectivity index (χ3v) is 4.34. The second kappa shape index (κ2) is 5.74. The summed E-state index contributed by atoms with van der Waals surface area (Å²) in [5, 5.41) is 0. The highest BCUT2D eigenvalue weighted by atomic mass is 15.2. The molecule has 2 aliphatic rings. The molecule has 0 unspecified atom stereocenters. The zero-order chi connectivity index (χ0) is 13.1. The Kier molecular flexibility index (Phi) is 3.82. The van der Waals surface area contributed by atoms with Crippen LogP contribution in [0, 0.1) is 5.92 Å². The zero-order valence-electron chi connectivity index (χ0n) is 11.5. The molecule has 0 amide bonds. The molecule has 0 aromatic carbocycles. The van der Waals surface area contributed by atoms with Crippen LogP contribution in [0.1, 0.15) is 25.7 Å². The summed E-state index contributed by atoms with van der Waals surface area (Å²) in [5.74, 6) is 2.85. The molecule has 0 atom stereocenters. The van der Waals surface area contributed by atoms with Crippen molar-refractivity contribution in [3.63, 3.8) is 0 Å². The molecular weight excluding hydrogens is 238 g/mol. The largest absolute Gasteiger partial charge is 0.356 e. The molecule has 2 fully saturated rings. The topological polar surface area (TPSA) is 58.3 Å². The lowest BCUT2D eigenvalue weighted by Gasteiger charge is -2.32. The summed E-state index contributed by atoms with van der Waals surface area (Å²) in [5.41, 5.74) is 5.74. The second-order valence-corrected chi connectivity index (χ2v) is 5.59. The first kappa shape index (κ1) is 12.7. The van der Waals surface area contributed by atoms with Crippen LogP contribution in [0.5, 0.6) is 0 Å². The normalized spacial score (nSPS) is 21.1. The van der Waals surface area contributed by atoms with E-state index in [4.69, 9.17) is 5.73 Å². The smallest absolute Gasteiger partial charge is 0.134 e. The van der Waals surface area contributed by atoms with Crippen molar-refractivity contribution in [1.82, 2.24) is 9.97 Å². The molecule has 0 aliphatic carbocycles. The molecule has 0 spiro atoms. The average Bonchev–Trinajstić information content (AvgIpc) is 3.02. The first-order valence-corrected chi connectivity index (χ1v) is 7.39. The maximum atomic E-state index is 5.74. The van der Waals surface area contributed by atoms with E-state index in [1.165, 1.54) is 25.7 Å². The lowest BCUT2D eigenvalue weighted by molar-refractivity contribution is 0.413. The number of anilines is 2. The number of nitrogens with two attached hydrogens (primary N) is 1. The van der Waals surface area contributed by atoms with Gasteiger partial charge in [0.1, 0.15) is 18.0 Å². The summed E-state index contributed by atoms with van der Waals surface area (Å²) >= 11 is 0. The molecule has 2 N–H and O–H groups in total. The predicted molar refractivity (Wildman–Crippen MR) is 77.5 cm³/mol. The fraction of sp³-hybridized carbons (Fsp3) is 0.714. The zero-order valence-corrected chi connectivity index (χ0v) is 11.5. The summed E-state index contributed by atoms with van der Waals surface area (Å²) < 4.78 is 0. The molecule has 0 radical (unpaired) electrons. The Labute approximate surface area is 114 Å². The fourth-order valence-corrected chi connectivity index (χ4v) is 3.03. The first-order valence-electron chi connectivity index (χ1n) is 7.39. The Morgan fingerprint density at radius 2 is 1.58 bits per heavy atom. The SMILES string of the molecule is NCC1CCN(c2cc(N3CCCC3)ncn2)CC1. The van der Waals surface area contributed by atoms with Gasteiger partial charge in [-0.05, 0) is 38.1 Å². The van der Waals surface area contributed by atoms with Gasteiger partial charge in [-0.2, -0.15) is 0 Å². The van der Waals surface area contributed by atoms with Gasteiger partial charge in [-0.3, -0.25) is 0 Å². The van der Waals surface area contributed by atoms with Crippen molar-refractivity contribution in [3.05, 3.63) is 12.4 Å². The summed E-state index contributed by atoms with van der Waals surface area (Å²) in [6.45, 7) is 5.21. The van der Waals surface area contributed by atoms with Crippen molar-refractivity contribution in [2.24, 2.45) is 11.7 Å². The first-order chi connectivity index (χ1) is 9.36. The molecule has 3 rings (SSSR count). The van der Waals surface area contributed by atoms with Gasteiger partial charge in [0.2, 0.25) is 0 Å². The highest BCUT2D eigenvalue weighted by Gasteiger charge is 2.20. The molecule has 3 heterocycles. The Morgan fingerprint density at radius 3 is 2.16 bits per heavy atom. The minimum absolute atomic E-state index is 0.691. The van der Waals surface area contributed by atoms with Crippen molar-refractivity contribution in [2.75, 3.05) is 42.5 Å². The third-order valence-electron chi connectivity index (χ3n) is 4.34. The van der Waals surface area contributed by atoms with Crippen LogP contribution in [0.4, 0.5) is 11.6 Å². The Balaban J connectivity index is 1.69. The Bertz CT molecular complexity index is 408. The Hall–Kier alpha value is -1.36. The summed E-state index contributed by atoms with van der Waals surface area (Å²) in [6, 6.07) is 2.15. The van der Waals surface area contributed by atoms with E-state index in [1.807, 2.05) is 0 Å². The van der Waals surface area contributed by atoms with Crippen LogP contribution in [0.25, 0.3) is 0 Å². The summed E-state index contributed by atoms with van der Waals surface area (Å²) in [7, 11) is 0. The van der Waals surface area contributed by atoms with Crippen molar-refractivity contribution < 1.29 is 0 Å². The average molecular weight is 261 g/mol. The fourth-order valence-electron chi connectivity index (χ4n) is 3.03. The number of piperidine rings is 1. The Morgan fingerprint density at radius 1 is 1.00 bits per heavy atom. The summed E-state index contributed by atoms with van der Waals surface area (Å²) in [4.78, 5) is 13.6. The van der Waals surface area contributed by atoms with Crippen molar-refractivity contribution in [1.29, 1.82) is 0 Å². The molecule has 2 saturated heterocycles. The van der Waals surface area contributed by atoms with Crippen molar-refractivity contribution in [3.8, 4) is 0 Å². The highest BCUT2D eigenvalue weighted by molar-refractivity contribution is 5.50. The molecular formula is C14H23N5.